The Morgan fingerprint density at radius 3 is 2.36 bits per heavy atom. The molecule has 0 unspecified atom stereocenters. The van der Waals surface area contributed by atoms with E-state index >= 15 is 0 Å². The van der Waals surface area contributed by atoms with Crippen LogP contribution in [-0.2, 0) is 9.47 Å². The first-order valence-electron chi connectivity index (χ1n) is 9.63. The third-order valence-electron chi connectivity index (χ3n) is 4.77. The van der Waals surface area contributed by atoms with Crippen LogP contribution < -0.4 is 0 Å². The highest BCUT2D eigenvalue weighted by molar-refractivity contribution is 5.08. The van der Waals surface area contributed by atoms with Gasteiger partial charge in [0.05, 0.1) is 18.3 Å². The molecule has 0 aliphatic carbocycles. The lowest BCUT2D eigenvalue weighted by atomic mass is 9.96. The molecule has 162 valence electrons. The van der Waals surface area contributed by atoms with Crippen molar-refractivity contribution in [2.24, 2.45) is 0 Å². The zero-order valence-electron chi connectivity index (χ0n) is 17.3. The first-order chi connectivity index (χ1) is 13.0. The summed E-state index contributed by atoms with van der Waals surface area (Å²) in [5, 5.41) is 49.8. The summed E-state index contributed by atoms with van der Waals surface area (Å²) < 4.78 is 11.3. The molecule has 0 radical (unpaired) electrons. The van der Waals surface area contributed by atoms with Crippen molar-refractivity contribution in [3.8, 4) is 0 Å². The molecule has 0 aromatic carbocycles. The van der Waals surface area contributed by atoms with Crippen LogP contribution in [0.1, 0.15) is 47.0 Å². The van der Waals surface area contributed by atoms with Crippen molar-refractivity contribution >= 4 is 0 Å². The molecule has 1 aliphatic rings. The summed E-state index contributed by atoms with van der Waals surface area (Å²) in [4.78, 5) is 0. The van der Waals surface area contributed by atoms with E-state index in [2.05, 4.69) is 12.7 Å². The van der Waals surface area contributed by atoms with Crippen LogP contribution in [0, 0.1) is 0 Å². The fourth-order valence-electron chi connectivity index (χ4n) is 2.98. The normalized spacial score (nSPS) is 31.8. The van der Waals surface area contributed by atoms with E-state index < -0.39 is 49.0 Å². The molecule has 7 atom stereocenters. The summed E-state index contributed by atoms with van der Waals surface area (Å²) in [6.07, 6.45) is -0.192. The number of allylic oxidation sites excluding steroid dienone is 3. The number of rotatable bonds is 10. The van der Waals surface area contributed by atoms with Crippen LogP contribution in [0.4, 0.5) is 0 Å². The van der Waals surface area contributed by atoms with Crippen LogP contribution in [0.3, 0.4) is 0 Å². The minimum atomic E-state index is -1.51. The number of aliphatic hydroxyl groups is 5. The maximum atomic E-state index is 10.4. The van der Waals surface area contributed by atoms with Gasteiger partial charge in [-0.15, -0.1) is 6.58 Å². The highest BCUT2D eigenvalue weighted by atomic mass is 16.7. The highest BCUT2D eigenvalue weighted by Gasteiger charge is 2.45. The molecule has 1 aliphatic heterocycles. The van der Waals surface area contributed by atoms with Crippen LogP contribution in [0.25, 0.3) is 0 Å². The first-order valence-corrected chi connectivity index (χ1v) is 9.63. The summed E-state index contributed by atoms with van der Waals surface area (Å²) in [5.41, 5.74) is 1.05. The van der Waals surface area contributed by atoms with Gasteiger partial charge in [0.2, 0.25) is 0 Å². The van der Waals surface area contributed by atoms with E-state index in [1.807, 2.05) is 26.8 Å². The minimum absolute atomic E-state index is 0.158. The Morgan fingerprint density at radius 1 is 1.18 bits per heavy atom. The Hall–Kier alpha value is -1.06. The maximum absolute atomic E-state index is 10.4. The zero-order valence-corrected chi connectivity index (χ0v) is 17.3. The van der Waals surface area contributed by atoms with Gasteiger partial charge in [-0.25, -0.2) is 0 Å². The van der Waals surface area contributed by atoms with E-state index in [9.17, 15) is 25.5 Å². The van der Waals surface area contributed by atoms with Crippen LogP contribution in [0.2, 0.25) is 0 Å². The van der Waals surface area contributed by atoms with Crippen LogP contribution in [-0.4, -0.2) is 74.6 Å². The number of hydrogen-bond acceptors (Lipinski definition) is 7. The van der Waals surface area contributed by atoms with Gasteiger partial charge in [0, 0.05) is 6.42 Å². The molecule has 0 amide bonds. The van der Waals surface area contributed by atoms with Gasteiger partial charge in [0.25, 0.3) is 0 Å². The lowest BCUT2D eigenvalue weighted by Gasteiger charge is -2.41. The van der Waals surface area contributed by atoms with Gasteiger partial charge < -0.3 is 35.0 Å². The fraction of sp³-hybridized carbons (Fsp3) is 0.714. The van der Waals surface area contributed by atoms with Crippen molar-refractivity contribution in [3.63, 3.8) is 0 Å². The van der Waals surface area contributed by atoms with Crippen molar-refractivity contribution in [2.75, 3.05) is 6.61 Å². The molecule has 7 nitrogen and oxygen atoms in total. The van der Waals surface area contributed by atoms with Gasteiger partial charge >= 0.3 is 0 Å². The molecule has 5 N–H and O–H groups in total. The van der Waals surface area contributed by atoms with E-state index in [0.29, 0.717) is 0 Å². The van der Waals surface area contributed by atoms with Crippen molar-refractivity contribution < 1.29 is 35.0 Å². The van der Waals surface area contributed by atoms with Gasteiger partial charge in [0.1, 0.15) is 24.4 Å². The summed E-state index contributed by atoms with van der Waals surface area (Å²) in [5.74, 6) is 0. The van der Waals surface area contributed by atoms with Crippen LogP contribution in [0.5, 0.6) is 0 Å². The van der Waals surface area contributed by atoms with E-state index in [4.69, 9.17) is 9.47 Å². The molecule has 0 aromatic rings. The van der Waals surface area contributed by atoms with E-state index in [1.165, 1.54) is 11.6 Å². The summed E-state index contributed by atoms with van der Waals surface area (Å²) in [7, 11) is 0. The Morgan fingerprint density at radius 2 is 1.82 bits per heavy atom. The molecule has 1 fully saturated rings. The molecule has 0 saturated carbocycles. The Kier molecular flexibility index (Phi) is 10.00. The predicted molar refractivity (Wildman–Crippen MR) is 107 cm³/mol. The third kappa shape index (κ3) is 7.75. The summed E-state index contributed by atoms with van der Waals surface area (Å²) in [6.45, 7) is 10.7. The molecule has 1 rings (SSSR count). The lowest BCUT2D eigenvalue weighted by Crippen LogP contribution is -2.59. The van der Waals surface area contributed by atoms with E-state index in [-0.39, 0.29) is 6.42 Å². The second-order valence-electron chi connectivity index (χ2n) is 7.97. The standard InChI is InChI=1S/C21H36O7/c1-6-21(5,26)11-15(10-14(4)9-7-8-13(2)3)27-20-19(25)18(24)17(23)16(12-22)28-20/h6,8,10,15-20,22-26H,1,7,9,11-12H2,2-5H3/b14-10+/t15-,16-,17-,18+,19-,20-,21-/m1/s1. The number of ether oxygens (including phenoxy) is 2. The first kappa shape index (κ1) is 25.0. The smallest absolute Gasteiger partial charge is 0.187 e. The quantitative estimate of drug-likeness (QED) is 0.349. The molecule has 0 spiro atoms. The van der Waals surface area contributed by atoms with Gasteiger partial charge in [-0.1, -0.05) is 29.4 Å². The largest absolute Gasteiger partial charge is 0.394 e. The van der Waals surface area contributed by atoms with Crippen molar-refractivity contribution in [1.82, 2.24) is 0 Å². The van der Waals surface area contributed by atoms with Gasteiger partial charge in [-0.05, 0) is 40.5 Å². The molecule has 7 heteroatoms. The average molecular weight is 401 g/mol. The monoisotopic (exact) mass is 400 g/mol. The van der Waals surface area contributed by atoms with Gasteiger partial charge in [-0.2, -0.15) is 0 Å². The summed E-state index contributed by atoms with van der Waals surface area (Å²) in [6, 6.07) is 0. The topological polar surface area (TPSA) is 120 Å². The van der Waals surface area contributed by atoms with Gasteiger partial charge in [-0.3, -0.25) is 0 Å². The van der Waals surface area contributed by atoms with Gasteiger partial charge in [0.15, 0.2) is 6.29 Å². The highest BCUT2D eigenvalue weighted by Crippen LogP contribution is 2.26. The predicted octanol–water partition coefficient (Wildman–Crippen LogP) is 1.19. The molecular weight excluding hydrogens is 364 g/mol. The van der Waals surface area contributed by atoms with Crippen LogP contribution >= 0.6 is 0 Å². The van der Waals surface area contributed by atoms with Crippen LogP contribution in [0.15, 0.2) is 36.0 Å². The number of hydrogen-bond donors (Lipinski definition) is 5. The SMILES string of the molecule is C=C[C@@](C)(O)C[C@@H](/C=C(\C)CCC=C(C)C)O[C@@H]1O[C@H](CO)[C@@H](O)[C@H](O)[C@H]1O. The molecule has 0 bridgehead atoms. The average Bonchev–Trinajstić information content (AvgIpc) is 2.61. The Bertz CT molecular complexity index is 549. The zero-order chi connectivity index (χ0) is 21.5. The Balaban J connectivity index is 2.95. The third-order valence-corrected chi connectivity index (χ3v) is 4.77. The number of aliphatic hydroxyl groups excluding tert-OH is 4. The van der Waals surface area contributed by atoms with Crippen molar-refractivity contribution in [3.05, 3.63) is 36.0 Å². The van der Waals surface area contributed by atoms with E-state index in [0.717, 1.165) is 18.4 Å². The molecule has 1 saturated heterocycles. The second-order valence-corrected chi connectivity index (χ2v) is 7.97. The Labute approximate surface area is 167 Å². The second kappa shape index (κ2) is 11.2. The van der Waals surface area contributed by atoms with Crippen molar-refractivity contribution in [2.45, 2.75) is 89.4 Å². The molecule has 1 heterocycles. The van der Waals surface area contributed by atoms with Crippen molar-refractivity contribution in [1.29, 1.82) is 0 Å². The molecular formula is C21H36O7. The fourth-order valence-corrected chi connectivity index (χ4v) is 2.98. The summed E-state index contributed by atoms with van der Waals surface area (Å²) >= 11 is 0. The molecule has 28 heavy (non-hydrogen) atoms. The lowest BCUT2D eigenvalue weighted by molar-refractivity contribution is -0.309. The molecule has 0 aromatic heterocycles. The van der Waals surface area contributed by atoms with E-state index in [1.54, 1.807) is 6.92 Å². The maximum Gasteiger partial charge on any atom is 0.187 e. The minimum Gasteiger partial charge on any atom is -0.394 e.